The minimum Gasteiger partial charge on any atom is -0.0913 e. The van der Waals surface area contributed by atoms with Gasteiger partial charge in [-0.05, 0) is 33.1 Å². The van der Waals surface area contributed by atoms with E-state index < -0.39 is 0 Å². The number of unbranched alkanes of at least 4 members (excludes halogenated alkanes) is 1. The second kappa shape index (κ2) is 7.59. The molecule has 0 aromatic carbocycles. The van der Waals surface area contributed by atoms with Gasteiger partial charge in [0.05, 0.1) is 0 Å². The van der Waals surface area contributed by atoms with Crippen molar-refractivity contribution in [3.63, 3.8) is 0 Å². The maximum Gasteiger partial charge on any atom is -0.0139 e. The Morgan fingerprint density at radius 1 is 1.27 bits per heavy atom. The van der Waals surface area contributed by atoms with Gasteiger partial charge in [-0.3, -0.25) is 0 Å². The van der Waals surface area contributed by atoms with Crippen LogP contribution in [0.5, 0.6) is 0 Å². The molecule has 64 valence electrons. The van der Waals surface area contributed by atoms with Crippen molar-refractivity contribution in [3.8, 4) is 0 Å². The van der Waals surface area contributed by atoms with Crippen LogP contribution in [0.15, 0.2) is 23.8 Å². The first-order valence-electron chi connectivity index (χ1n) is 4.60. The second-order valence-electron chi connectivity index (χ2n) is 2.82. The number of hydrogen-bond acceptors (Lipinski definition) is 0. The molecule has 0 saturated carbocycles. The molecule has 0 saturated heterocycles. The molecule has 0 unspecified atom stereocenters. The summed E-state index contributed by atoms with van der Waals surface area (Å²) in [6.07, 6.45) is 11.6. The Hall–Kier alpha value is -0.520. The molecule has 0 aromatic heterocycles. The van der Waals surface area contributed by atoms with E-state index in [1.54, 1.807) is 5.57 Å². The van der Waals surface area contributed by atoms with Gasteiger partial charge in [-0.1, -0.05) is 37.1 Å². The van der Waals surface area contributed by atoms with Gasteiger partial charge in [0.2, 0.25) is 0 Å². The Kier molecular flexibility index (Phi) is 7.23. The zero-order valence-electron chi connectivity index (χ0n) is 8.06. The van der Waals surface area contributed by atoms with Crippen LogP contribution >= 0.6 is 0 Å². The highest BCUT2D eigenvalue weighted by atomic mass is 14.0. The molecule has 0 fully saturated rings. The van der Waals surface area contributed by atoms with Crippen LogP contribution in [0.2, 0.25) is 0 Å². The Labute approximate surface area is 71.0 Å². The lowest BCUT2D eigenvalue weighted by Crippen LogP contribution is -1.81. The smallest absolute Gasteiger partial charge is 0.0139 e. The number of allylic oxidation sites excluding steroid dienone is 4. The quantitative estimate of drug-likeness (QED) is 0.520. The van der Waals surface area contributed by atoms with Crippen LogP contribution in [0.3, 0.4) is 0 Å². The molecule has 0 spiro atoms. The summed E-state index contributed by atoms with van der Waals surface area (Å²) in [5, 5.41) is 0. The fourth-order valence-electron chi connectivity index (χ4n) is 1.04. The van der Waals surface area contributed by atoms with Crippen molar-refractivity contribution in [1.29, 1.82) is 0 Å². The van der Waals surface area contributed by atoms with Crippen LogP contribution < -0.4 is 0 Å². The van der Waals surface area contributed by atoms with Gasteiger partial charge < -0.3 is 0 Å². The predicted molar refractivity (Wildman–Crippen MR) is 52.7 cm³/mol. The van der Waals surface area contributed by atoms with Gasteiger partial charge >= 0.3 is 0 Å². The van der Waals surface area contributed by atoms with Crippen LogP contribution in [0, 0.1) is 0 Å². The summed E-state index contributed by atoms with van der Waals surface area (Å²) in [4.78, 5) is 0. The first-order valence-corrected chi connectivity index (χ1v) is 4.60. The van der Waals surface area contributed by atoms with Crippen LogP contribution in [0.25, 0.3) is 0 Å². The molecule has 0 aliphatic carbocycles. The molecule has 0 aliphatic heterocycles. The van der Waals surface area contributed by atoms with Gasteiger partial charge in [-0.2, -0.15) is 0 Å². The molecule has 0 nitrogen and oxygen atoms in total. The Balaban J connectivity index is 3.59. The predicted octanol–water partition coefficient (Wildman–Crippen LogP) is 4.09. The molecule has 0 heterocycles. The minimum absolute atomic E-state index is 1.15. The van der Waals surface area contributed by atoms with E-state index in [0.29, 0.717) is 0 Å². The molecule has 0 aliphatic rings. The summed E-state index contributed by atoms with van der Waals surface area (Å²) in [5.74, 6) is 0. The third kappa shape index (κ3) is 5.90. The molecule has 11 heavy (non-hydrogen) atoms. The highest BCUT2D eigenvalue weighted by Gasteiger charge is 1.91. The standard InChI is InChI=1S/C11H20/c1-4-7-9-11(6-3)10-8-5-2/h4,6-7H,5,8-10H2,1-3H3. The van der Waals surface area contributed by atoms with E-state index in [9.17, 15) is 0 Å². The summed E-state index contributed by atoms with van der Waals surface area (Å²) in [6.45, 7) is 6.45. The van der Waals surface area contributed by atoms with Gasteiger partial charge in [0.15, 0.2) is 0 Å². The topological polar surface area (TPSA) is 0 Å². The average molecular weight is 152 g/mol. The normalized spacial score (nSPS) is 12.8. The van der Waals surface area contributed by atoms with Gasteiger partial charge in [-0.15, -0.1) is 0 Å². The van der Waals surface area contributed by atoms with Crippen molar-refractivity contribution in [3.05, 3.63) is 23.8 Å². The molecule has 0 atom stereocenters. The zero-order valence-corrected chi connectivity index (χ0v) is 8.06. The first-order chi connectivity index (χ1) is 5.35. The van der Waals surface area contributed by atoms with E-state index in [1.165, 1.54) is 19.3 Å². The summed E-state index contributed by atoms with van der Waals surface area (Å²) in [7, 11) is 0. The van der Waals surface area contributed by atoms with Gasteiger partial charge in [0.25, 0.3) is 0 Å². The SMILES string of the molecule is CC=CCC(=CC)CCCC. The lowest BCUT2D eigenvalue weighted by atomic mass is 10.1. The highest BCUT2D eigenvalue weighted by molar-refractivity contribution is 5.05. The Morgan fingerprint density at radius 3 is 2.45 bits per heavy atom. The van der Waals surface area contributed by atoms with Crippen LogP contribution in [0.1, 0.15) is 46.5 Å². The largest absolute Gasteiger partial charge is 0.0913 e. The van der Waals surface area contributed by atoms with E-state index in [1.807, 2.05) is 0 Å². The Bertz CT molecular complexity index is 129. The molecule has 0 amide bonds. The van der Waals surface area contributed by atoms with Crippen molar-refractivity contribution in [2.75, 3.05) is 0 Å². The average Bonchev–Trinajstić information content (AvgIpc) is 2.05. The summed E-state index contributed by atoms with van der Waals surface area (Å²) >= 11 is 0. The fraction of sp³-hybridized carbons (Fsp3) is 0.636. The van der Waals surface area contributed by atoms with Crippen LogP contribution in [-0.2, 0) is 0 Å². The maximum absolute atomic E-state index is 2.25. The molecular weight excluding hydrogens is 132 g/mol. The van der Waals surface area contributed by atoms with Crippen molar-refractivity contribution >= 4 is 0 Å². The number of rotatable bonds is 5. The van der Waals surface area contributed by atoms with E-state index >= 15 is 0 Å². The van der Waals surface area contributed by atoms with Crippen molar-refractivity contribution in [1.82, 2.24) is 0 Å². The summed E-state index contributed by atoms with van der Waals surface area (Å²) in [5.41, 5.74) is 1.57. The summed E-state index contributed by atoms with van der Waals surface area (Å²) in [6, 6.07) is 0. The second-order valence-corrected chi connectivity index (χ2v) is 2.82. The molecule has 0 bridgehead atoms. The van der Waals surface area contributed by atoms with Crippen molar-refractivity contribution < 1.29 is 0 Å². The number of hydrogen-bond donors (Lipinski definition) is 0. The molecule has 0 N–H and O–H groups in total. The van der Waals surface area contributed by atoms with Gasteiger partial charge in [0, 0.05) is 0 Å². The highest BCUT2D eigenvalue weighted by Crippen LogP contribution is 2.11. The van der Waals surface area contributed by atoms with Crippen molar-refractivity contribution in [2.24, 2.45) is 0 Å². The minimum atomic E-state index is 1.15. The van der Waals surface area contributed by atoms with Crippen LogP contribution in [0.4, 0.5) is 0 Å². The molecule has 0 heteroatoms. The van der Waals surface area contributed by atoms with E-state index in [4.69, 9.17) is 0 Å². The zero-order chi connectivity index (χ0) is 8.53. The molecule has 0 aromatic rings. The fourth-order valence-corrected chi connectivity index (χ4v) is 1.04. The van der Waals surface area contributed by atoms with Crippen molar-refractivity contribution in [2.45, 2.75) is 46.5 Å². The Morgan fingerprint density at radius 2 is 2.00 bits per heavy atom. The third-order valence-corrected chi connectivity index (χ3v) is 1.88. The van der Waals surface area contributed by atoms with Gasteiger partial charge in [-0.25, -0.2) is 0 Å². The van der Waals surface area contributed by atoms with E-state index in [-0.39, 0.29) is 0 Å². The maximum atomic E-state index is 2.25. The molecule has 0 rings (SSSR count). The molecular formula is C11H20. The van der Waals surface area contributed by atoms with Gasteiger partial charge in [0.1, 0.15) is 0 Å². The summed E-state index contributed by atoms with van der Waals surface area (Å²) < 4.78 is 0. The van der Waals surface area contributed by atoms with Crippen LogP contribution in [-0.4, -0.2) is 0 Å². The lowest BCUT2D eigenvalue weighted by Gasteiger charge is -2.01. The van der Waals surface area contributed by atoms with E-state index in [2.05, 4.69) is 39.0 Å². The first kappa shape index (κ1) is 10.5. The monoisotopic (exact) mass is 152 g/mol. The third-order valence-electron chi connectivity index (χ3n) is 1.88. The molecule has 0 radical (unpaired) electrons. The lowest BCUT2D eigenvalue weighted by molar-refractivity contribution is 0.774. The van der Waals surface area contributed by atoms with E-state index in [0.717, 1.165) is 6.42 Å².